The normalized spacial score (nSPS) is 13.2. The zero-order valence-corrected chi connectivity index (χ0v) is 17.6. The fourth-order valence-corrected chi connectivity index (χ4v) is 4.36. The van der Waals surface area contributed by atoms with Gasteiger partial charge in [0, 0.05) is 23.1 Å². The van der Waals surface area contributed by atoms with Crippen LogP contribution in [-0.4, -0.2) is 27.4 Å². The summed E-state index contributed by atoms with van der Waals surface area (Å²) in [6.45, 7) is 4.14. The first kappa shape index (κ1) is 19.3. The van der Waals surface area contributed by atoms with Crippen LogP contribution in [0.1, 0.15) is 17.0 Å². The van der Waals surface area contributed by atoms with Crippen LogP contribution in [0.2, 0.25) is 0 Å². The van der Waals surface area contributed by atoms with E-state index in [2.05, 4.69) is 9.55 Å². The van der Waals surface area contributed by atoms with Crippen LogP contribution in [0.4, 0.5) is 0 Å². The molecule has 31 heavy (non-hydrogen) atoms. The molecule has 0 atom stereocenters. The number of ether oxygens (including phenoxy) is 2. The van der Waals surface area contributed by atoms with Gasteiger partial charge in [-0.3, -0.25) is 0 Å². The van der Waals surface area contributed by atoms with Crippen molar-refractivity contribution in [3.63, 3.8) is 0 Å². The molecule has 156 valence electrons. The number of carboxylic acid groups (broad SMARTS) is 1. The molecule has 0 saturated heterocycles. The Morgan fingerprint density at radius 3 is 2.74 bits per heavy atom. The summed E-state index contributed by atoms with van der Waals surface area (Å²) < 4.78 is 18.6. The minimum Gasteiger partial charge on any atom is -0.477 e. The fourth-order valence-electron chi connectivity index (χ4n) is 3.62. The van der Waals surface area contributed by atoms with Crippen molar-refractivity contribution < 1.29 is 23.8 Å². The standard InChI is InChI=1S/C23H18N2O5S/c1-13-9-15(14(2)25(13)16-7-8-19-20(11-16)29-12-28-19)10-21(22(26)27)31-23-24-17-5-3-4-6-18(17)30-23/h3-11H,12H2,1-2H3,(H,26,27)/b21-10+. The van der Waals surface area contributed by atoms with Gasteiger partial charge in [0.05, 0.1) is 0 Å². The maximum absolute atomic E-state index is 11.9. The van der Waals surface area contributed by atoms with Crippen LogP contribution >= 0.6 is 11.8 Å². The van der Waals surface area contributed by atoms with Crippen LogP contribution in [0, 0.1) is 13.8 Å². The molecule has 0 radical (unpaired) electrons. The molecule has 1 aliphatic rings. The number of fused-ring (bicyclic) bond motifs is 2. The van der Waals surface area contributed by atoms with Gasteiger partial charge in [0.15, 0.2) is 17.1 Å². The molecule has 0 fully saturated rings. The lowest BCUT2D eigenvalue weighted by Crippen LogP contribution is -2.00. The number of para-hydroxylation sites is 2. The van der Waals surface area contributed by atoms with Gasteiger partial charge in [-0.05, 0) is 67.6 Å². The average molecular weight is 434 g/mol. The molecule has 1 aliphatic heterocycles. The highest BCUT2D eigenvalue weighted by molar-refractivity contribution is 8.03. The summed E-state index contributed by atoms with van der Waals surface area (Å²) in [5, 5.41) is 10.1. The maximum Gasteiger partial charge on any atom is 0.342 e. The van der Waals surface area contributed by atoms with Crippen molar-refractivity contribution in [3.8, 4) is 17.2 Å². The molecule has 5 rings (SSSR count). The van der Waals surface area contributed by atoms with E-state index in [1.54, 1.807) is 12.1 Å². The van der Waals surface area contributed by atoms with Gasteiger partial charge in [-0.25, -0.2) is 9.78 Å². The number of oxazole rings is 1. The first-order valence-corrected chi connectivity index (χ1v) is 10.4. The molecule has 1 N–H and O–H groups in total. The van der Waals surface area contributed by atoms with Crippen LogP contribution in [-0.2, 0) is 4.79 Å². The Balaban J connectivity index is 1.51. The number of aliphatic carboxylic acids is 1. The number of aromatic nitrogens is 2. The van der Waals surface area contributed by atoms with Gasteiger partial charge in [0.1, 0.15) is 10.4 Å². The van der Waals surface area contributed by atoms with Gasteiger partial charge in [-0.1, -0.05) is 12.1 Å². The van der Waals surface area contributed by atoms with Crippen LogP contribution < -0.4 is 9.47 Å². The smallest absolute Gasteiger partial charge is 0.342 e. The summed E-state index contributed by atoms with van der Waals surface area (Å²) in [6.07, 6.45) is 1.65. The summed E-state index contributed by atoms with van der Waals surface area (Å²) in [5.41, 5.74) is 4.91. The molecule has 0 aliphatic carbocycles. The van der Waals surface area contributed by atoms with Crippen molar-refractivity contribution in [2.24, 2.45) is 0 Å². The number of aryl methyl sites for hydroxylation is 1. The number of hydrogen-bond donors (Lipinski definition) is 1. The largest absolute Gasteiger partial charge is 0.477 e. The predicted octanol–water partition coefficient (Wildman–Crippen LogP) is 5.18. The Kier molecular flexibility index (Phi) is 4.71. The summed E-state index contributed by atoms with van der Waals surface area (Å²) in [6, 6.07) is 15.0. The molecule has 2 aromatic carbocycles. The first-order chi connectivity index (χ1) is 15.0. The third-order valence-corrected chi connectivity index (χ3v) is 5.92. The number of nitrogens with zero attached hydrogens (tertiary/aromatic N) is 2. The molecule has 3 heterocycles. The second kappa shape index (κ2) is 7.55. The Hall–Kier alpha value is -3.65. The van der Waals surface area contributed by atoms with E-state index in [-0.39, 0.29) is 11.7 Å². The summed E-state index contributed by atoms with van der Waals surface area (Å²) in [7, 11) is 0. The highest BCUT2D eigenvalue weighted by Crippen LogP contribution is 2.36. The van der Waals surface area contributed by atoms with Gasteiger partial charge in [-0.15, -0.1) is 0 Å². The number of carbonyl (C=O) groups is 1. The lowest BCUT2D eigenvalue weighted by Gasteiger charge is -2.10. The molecule has 0 unspecified atom stereocenters. The van der Waals surface area contributed by atoms with E-state index in [4.69, 9.17) is 13.9 Å². The SMILES string of the molecule is Cc1cc(/C=C(/Sc2nc3ccccc3o2)C(=O)O)c(C)n1-c1ccc2c(c1)OCO2. The topological polar surface area (TPSA) is 86.7 Å². The third kappa shape index (κ3) is 3.55. The Bertz CT molecular complexity index is 1320. The van der Waals surface area contributed by atoms with E-state index in [0.29, 0.717) is 27.8 Å². The van der Waals surface area contributed by atoms with Gasteiger partial charge in [0.25, 0.3) is 5.22 Å². The maximum atomic E-state index is 11.9. The first-order valence-electron chi connectivity index (χ1n) is 9.57. The molecule has 8 heteroatoms. The van der Waals surface area contributed by atoms with Crippen molar-refractivity contribution in [3.05, 3.63) is 70.4 Å². The summed E-state index contributed by atoms with van der Waals surface area (Å²) in [5.74, 6) is 0.370. The van der Waals surface area contributed by atoms with Gasteiger partial charge in [0.2, 0.25) is 6.79 Å². The monoisotopic (exact) mass is 434 g/mol. The summed E-state index contributed by atoms with van der Waals surface area (Å²) in [4.78, 5) is 16.4. The van der Waals surface area contributed by atoms with E-state index in [1.165, 1.54) is 0 Å². The molecular formula is C23H18N2O5S. The van der Waals surface area contributed by atoms with E-state index in [9.17, 15) is 9.90 Å². The minimum atomic E-state index is -1.04. The van der Waals surface area contributed by atoms with E-state index in [1.807, 2.05) is 56.3 Å². The average Bonchev–Trinajstić information content (AvgIpc) is 3.44. The van der Waals surface area contributed by atoms with Crippen LogP contribution in [0.25, 0.3) is 22.9 Å². The highest BCUT2D eigenvalue weighted by Gasteiger charge is 2.19. The molecule has 0 spiro atoms. The molecule has 4 aromatic rings. The van der Waals surface area contributed by atoms with E-state index in [0.717, 1.165) is 34.4 Å². The fraction of sp³-hybridized carbons (Fsp3) is 0.130. The zero-order valence-electron chi connectivity index (χ0n) is 16.8. The molecule has 2 aromatic heterocycles. The lowest BCUT2D eigenvalue weighted by atomic mass is 10.2. The molecule has 7 nitrogen and oxygen atoms in total. The van der Waals surface area contributed by atoms with Crippen molar-refractivity contribution >= 4 is 34.9 Å². The number of hydrogen-bond acceptors (Lipinski definition) is 6. The van der Waals surface area contributed by atoms with Crippen LogP contribution in [0.3, 0.4) is 0 Å². The number of thioether (sulfide) groups is 1. The zero-order chi connectivity index (χ0) is 21.5. The molecule has 0 bridgehead atoms. The minimum absolute atomic E-state index is 0.123. The van der Waals surface area contributed by atoms with Crippen LogP contribution in [0.5, 0.6) is 11.5 Å². The predicted molar refractivity (Wildman–Crippen MR) is 117 cm³/mol. The second-order valence-electron chi connectivity index (χ2n) is 7.06. The van der Waals surface area contributed by atoms with Crippen molar-refractivity contribution in [2.45, 2.75) is 19.1 Å². The van der Waals surface area contributed by atoms with E-state index >= 15 is 0 Å². The lowest BCUT2D eigenvalue weighted by molar-refractivity contribution is -0.131. The third-order valence-electron chi connectivity index (χ3n) is 5.05. The number of carboxylic acids is 1. The number of benzene rings is 2. The highest BCUT2D eigenvalue weighted by atomic mass is 32.2. The Morgan fingerprint density at radius 2 is 1.94 bits per heavy atom. The van der Waals surface area contributed by atoms with Gasteiger partial charge >= 0.3 is 5.97 Å². The van der Waals surface area contributed by atoms with E-state index < -0.39 is 5.97 Å². The van der Waals surface area contributed by atoms with Crippen molar-refractivity contribution in [2.75, 3.05) is 6.79 Å². The quantitative estimate of drug-likeness (QED) is 0.342. The van der Waals surface area contributed by atoms with Gasteiger partial charge in [-0.2, -0.15) is 0 Å². The number of rotatable bonds is 5. The Morgan fingerprint density at radius 1 is 1.13 bits per heavy atom. The molecular weight excluding hydrogens is 416 g/mol. The van der Waals surface area contributed by atoms with Crippen molar-refractivity contribution in [1.82, 2.24) is 9.55 Å². The molecule has 0 saturated carbocycles. The summed E-state index contributed by atoms with van der Waals surface area (Å²) >= 11 is 0.991. The van der Waals surface area contributed by atoms with Crippen molar-refractivity contribution in [1.29, 1.82) is 0 Å². The Labute approximate surface area is 181 Å². The molecule has 0 amide bonds. The second-order valence-corrected chi connectivity index (χ2v) is 8.06. The van der Waals surface area contributed by atoms with Gasteiger partial charge < -0.3 is 23.6 Å². The van der Waals surface area contributed by atoms with Crippen LogP contribution in [0.15, 0.2) is 63.1 Å².